The van der Waals surface area contributed by atoms with E-state index in [0.717, 1.165) is 37.1 Å². The summed E-state index contributed by atoms with van der Waals surface area (Å²) in [4.78, 5) is 6.83. The van der Waals surface area contributed by atoms with E-state index in [2.05, 4.69) is 21.3 Å². The number of nitrogens with one attached hydrogen (secondary N) is 1. The van der Waals surface area contributed by atoms with Crippen LogP contribution < -0.4 is 10.2 Å². The summed E-state index contributed by atoms with van der Waals surface area (Å²) in [6, 6.07) is 5.92. The standard InChI is InChI=1S/C14H20N4/c1-11-7-13(9-15)8-14(17-11)18-5-3-12(4-6-18)10-16-2/h7-8,12,16H,3-6,10H2,1-2H3. The summed E-state index contributed by atoms with van der Waals surface area (Å²) in [6.07, 6.45) is 2.39. The van der Waals surface area contributed by atoms with Gasteiger partial charge < -0.3 is 10.2 Å². The van der Waals surface area contributed by atoms with Gasteiger partial charge in [-0.15, -0.1) is 0 Å². The van der Waals surface area contributed by atoms with Crippen molar-refractivity contribution in [1.82, 2.24) is 10.3 Å². The van der Waals surface area contributed by atoms with Crippen molar-refractivity contribution < 1.29 is 0 Å². The molecule has 4 heteroatoms. The van der Waals surface area contributed by atoms with Crippen LogP contribution in [0.15, 0.2) is 12.1 Å². The summed E-state index contributed by atoms with van der Waals surface area (Å²) >= 11 is 0. The fourth-order valence-corrected chi connectivity index (χ4v) is 2.53. The van der Waals surface area contributed by atoms with Gasteiger partial charge in [0.1, 0.15) is 5.82 Å². The topological polar surface area (TPSA) is 52.0 Å². The molecule has 1 aliphatic heterocycles. The van der Waals surface area contributed by atoms with Gasteiger partial charge in [-0.3, -0.25) is 0 Å². The zero-order chi connectivity index (χ0) is 13.0. The molecule has 0 bridgehead atoms. The molecule has 1 saturated heterocycles. The Morgan fingerprint density at radius 3 is 2.78 bits per heavy atom. The molecular formula is C14H20N4. The smallest absolute Gasteiger partial charge is 0.130 e. The molecule has 2 rings (SSSR count). The van der Waals surface area contributed by atoms with Crippen molar-refractivity contribution in [3.63, 3.8) is 0 Å². The highest BCUT2D eigenvalue weighted by molar-refractivity contribution is 5.46. The predicted molar refractivity (Wildman–Crippen MR) is 72.6 cm³/mol. The number of hydrogen-bond donors (Lipinski definition) is 1. The van der Waals surface area contributed by atoms with E-state index in [1.807, 2.05) is 26.1 Å². The Labute approximate surface area is 109 Å². The number of nitriles is 1. The fraction of sp³-hybridized carbons (Fsp3) is 0.571. The van der Waals surface area contributed by atoms with Crippen molar-refractivity contribution in [2.45, 2.75) is 19.8 Å². The van der Waals surface area contributed by atoms with Gasteiger partial charge in [0, 0.05) is 18.8 Å². The van der Waals surface area contributed by atoms with Crippen molar-refractivity contribution in [3.8, 4) is 6.07 Å². The van der Waals surface area contributed by atoms with Crippen LogP contribution in [0.25, 0.3) is 0 Å². The summed E-state index contributed by atoms with van der Waals surface area (Å²) in [5.74, 6) is 1.72. The molecule has 1 N–H and O–H groups in total. The van der Waals surface area contributed by atoms with E-state index in [0.29, 0.717) is 5.56 Å². The monoisotopic (exact) mass is 244 g/mol. The van der Waals surface area contributed by atoms with E-state index in [9.17, 15) is 0 Å². The summed E-state index contributed by atoms with van der Waals surface area (Å²) in [7, 11) is 2.01. The highest BCUT2D eigenvalue weighted by atomic mass is 15.2. The van der Waals surface area contributed by atoms with Crippen LogP contribution in [0, 0.1) is 24.2 Å². The Balaban J connectivity index is 2.05. The molecular weight excluding hydrogens is 224 g/mol. The Morgan fingerprint density at radius 1 is 1.44 bits per heavy atom. The molecule has 1 aromatic rings. The van der Waals surface area contributed by atoms with Gasteiger partial charge in [-0.2, -0.15) is 5.26 Å². The van der Waals surface area contributed by atoms with Crippen LogP contribution in [0.1, 0.15) is 24.1 Å². The lowest BCUT2D eigenvalue weighted by Crippen LogP contribution is -2.37. The number of hydrogen-bond acceptors (Lipinski definition) is 4. The van der Waals surface area contributed by atoms with Crippen molar-refractivity contribution in [2.75, 3.05) is 31.6 Å². The van der Waals surface area contributed by atoms with Crippen LogP contribution in [0.2, 0.25) is 0 Å². The maximum Gasteiger partial charge on any atom is 0.130 e. The van der Waals surface area contributed by atoms with E-state index < -0.39 is 0 Å². The first-order chi connectivity index (χ1) is 8.72. The van der Waals surface area contributed by atoms with Gasteiger partial charge in [-0.25, -0.2) is 4.98 Å². The van der Waals surface area contributed by atoms with Gasteiger partial charge >= 0.3 is 0 Å². The highest BCUT2D eigenvalue weighted by Crippen LogP contribution is 2.22. The molecule has 0 radical (unpaired) electrons. The van der Waals surface area contributed by atoms with Crippen LogP contribution in [0.3, 0.4) is 0 Å². The van der Waals surface area contributed by atoms with Crippen molar-refractivity contribution in [1.29, 1.82) is 5.26 Å². The zero-order valence-electron chi connectivity index (χ0n) is 11.1. The Kier molecular flexibility index (Phi) is 4.16. The lowest BCUT2D eigenvalue weighted by atomic mass is 9.97. The lowest BCUT2D eigenvalue weighted by molar-refractivity contribution is 0.392. The first kappa shape index (κ1) is 12.8. The maximum absolute atomic E-state index is 8.99. The van der Waals surface area contributed by atoms with E-state index in [-0.39, 0.29) is 0 Å². The quantitative estimate of drug-likeness (QED) is 0.879. The number of piperidine rings is 1. The molecule has 0 spiro atoms. The normalized spacial score (nSPS) is 16.6. The van der Waals surface area contributed by atoms with E-state index in [4.69, 9.17) is 5.26 Å². The third kappa shape index (κ3) is 2.99. The molecule has 0 unspecified atom stereocenters. The summed E-state index contributed by atoms with van der Waals surface area (Å²) < 4.78 is 0. The number of rotatable bonds is 3. The fourth-order valence-electron chi connectivity index (χ4n) is 2.53. The second-order valence-corrected chi connectivity index (χ2v) is 4.96. The molecule has 0 aromatic carbocycles. The third-order valence-corrected chi connectivity index (χ3v) is 3.50. The van der Waals surface area contributed by atoms with Crippen molar-refractivity contribution in [3.05, 3.63) is 23.4 Å². The van der Waals surface area contributed by atoms with Crippen molar-refractivity contribution >= 4 is 5.82 Å². The molecule has 2 heterocycles. The largest absolute Gasteiger partial charge is 0.357 e. The molecule has 1 fully saturated rings. The van der Waals surface area contributed by atoms with Gasteiger partial charge in [0.15, 0.2) is 0 Å². The second kappa shape index (κ2) is 5.83. The van der Waals surface area contributed by atoms with Crippen LogP contribution in [0.5, 0.6) is 0 Å². The number of pyridine rings is 1. The number of aryl methyl sites for hydroxylation is 1. The molecule has 18 heavy (non-hydrogen) atoms. The second-order valence-electron chi connectivity index (χ2n) is 4.96. The molecule has 1 aliphatic rings. The minimum atomic E-state index is 0.704. The Hall–Kier alpha value is -1.60. The van der Waals surface area contributed by atoms with Crippen molar-refractivity contribution in [2.24, 2.45) is 5.92 Å². The van der Waals surface area contributed by atoms with Crippen LogP contribution in [-0.4, -0.2) is 31.7 Å². The van der Waals surface area contributed by atoms with Gasteiger partial charge in [-0.05, 0) is 51.4 Å². The molecule has 4 nitrogen and oxygen atoms in total. The van der Waals surface area contributed by atoms with Crippen LogP contribution in [-0.2, 0) is 0 Å². The number of nitrogens with zero attached hydrogens (tertiary/aromatic N) is 3. The lowest BCUT2D eigenvalue weighted by Gasteiger charge is -2.33. The Bertz CT molecular complexity index is 442. The van der Waals surface area contributed by atoms with E-state index in [1.54, 1.807) is 0 Å². The molecule has 0 saturated carbocycles. The highest BCUT2D eigenvalue weighted by Gasteiger charge is 2.19. The SMILES string of the molecule is CNCC1CCN(c2cc(C#N)cc(C)n2)CC1. The summed E-state index contributed by atoms with van der Waals surface area (Å²) in [5.41, 5.74) is 1.62. The average molecular weight is 244 g/mol. The minimum absolute atomic E-state index is 0.704. The maximum atomic E-state index is 8.99. The molecule has 0 atom stereocenters. The van der Waals surface area contributed by atoms with E-state index in [1.165, 1.54) is 12.8 Å². The summed E-state index contributed by atoms with van der Waals surface area (Å²) in [5, 5.41) is 12.2. The van der Waals surface area contributed by atoms with Gasteiger partial charge in [0.05, 0.1) is 11.6 Å². The molecule has 0 aliphatic carbocycles. The van der Waals surface area contributed by atoms with Crippen LogP contribution >= 0.6 is 0 Å². The minimum Gasteiger partial charge on any atom is -0.357 e. The number of anilines is 1. The molecule has 0 amide bonds. The van der Waals surface area contributed by atoms with Gasteiger partial charge in [0.2, 0.25) is 0 Å². The van der Waals surface area contributed by atoms with Gasteiger partial charge in [-0.1, -0.05) is 0 Å². The molecule has 96 valence electrons. The average Bonchev–Trinajstić information content (AvgIpc) is 2.39. The molecule has 1 aromatic heterocycles. The van der Waals surface area contributed by atoms with E-state index >= 15 is 0 Å². The zero-order valence-corrected chi connectivity index (χ0v) is 11.1. The van der Waals surface area contributed by atoms with Crippen LogP contribution in [0.4, 0.5) is 5.82 Å². The Morgan fingerprint density at radius 2 is 2.17 bits per heavy atom. The summed E-state index contributed by atoms with van der Waals surface area (Å²) in [6.45, 7) is 5.11. The third-order valence-electron chi connectivity index (χ3n) is 3.50. The predicted octanol–water partition coefficient (Wildman–Crippen LogP) is 1.70. The number of aromatic nitrogens is 1. The first-order valence-corrected chi connectivity index (χ1v) is 6.51. The van der Waals surface area contributed by atoms with Gasteiger partial charge in [0.25, 0.3) is 0 Å². The first-order valence-electron chi connectivity index (χ1n) is 6.51.